The average molecular weight is 233 g/mol. The summed E-state index contributed by atoms with van der Waals surface area (Å²) in [6, 6.07) is 3.79. The molecule has 0 atom stereocenters. The third-order valence-corrected chi connectivity index (χ3v) is 3.43. The van der Waals surface area contributed by atoms with Gasteiger partial charge in [0.15, 0.2) is 11.2 Å². The molecule has 0 unspecified atom stereocenters. The average Bonchev–Trinajstić information content (AvgIpc) is 2.66. The number of rotatable bonds is 1. The van der Waals surface area contributed by atoms with Crippen LogP contribution in [0.3, 0.4) is 0 Å². The fourth-order valence-corrected chi connectivity index (χ4v) is 2.45. The maximum atomic E-state index is 11.9. The Morgan fingerprint density at radius 3 is 2.94 bits per heavy atom. The zero-order chi connectivity index (χ0) is 11.8. The van der Waals surface area contributed by atoms with Gasteiger partial charge in [-0.1, -0.05) is 0 Å². The summed E-state index contributed by atoms with van der Waals surface area (Å²) in [7, 11) is 2.10. The molecule has 0 bridgehead atoms. The van der Waals surface area contributed by atoms with Crippen LogP contribution in [-0.4, -0.2) is 34.6 Å². The summed E-state index contributed by atoms with van der Waals surface area (Å²) in [6.07, 6.45) is 3.64. The standard InChI is InChI=1S/C12H15N3O2/c1-14-7-4-9(5-8-14)15-11-10(17-12(15)16)3-2-6-13-11/h2-3,6,9H,4-5,7-8H2,1H3. The van der Waals surface area contributed by atoms with E-state index in [-0.39, 0.29) is 11.8 Å². The first kappa shape index (κ1) is 10.5. The van der Waals surface area contributed by atoms with Crippen molar-refractivity contribution in [3.63, 3.8) is 0 Å². The summed E-state index contributed by atoms with van der Waals surface area (Å²) >= 11 is 0. The van der Waals surface area contributed by atoms with Gasteiger partial charge < -0.3 is 9.32 Å². The van der Waals surface area contributed by atoms with Crippen LogP contribution >= 0.6 is 0 Å². The Morgan fingerprint density at radius 1 is 1.41 bits per heavy atom. The lowest BCUT2D eigenvalue weighted by atomic mass is 10.1. The summed E-state index contributed by atoms with van der Waals surface area (Å²) in [5.41, 5.74) is 1.25. The molecule has 1 fully saturated rings. The number of nitrogens with zero attached hydrogens (tertiary/aromatic N) is 3. The molecular formula is C12H15N3O2. The molecule has 0 aromatic carbocycles. The largest absolute Gasteiger partial charge is 0.421 e. The lowest BCUT2D eigenvalue weighted by molar-refractivity contribution is 0.217. The van der Waals surface area contributed by atoms with Crippen LogP contribution in [0.1, 0.15) is 18.9 Å². The van der Waals surface area contributed by atoms with Gasteiger partial charge in [0.1, 0.15) is 0 Å². The molecule has 0 N–H and O–H groups in total. The van der Waals surface area contributed by atoms with Crippen molar-refractivity contribution >= 4 is 11.2 Å². The van der Waals surface area contributed by atoms with Crippen LogP contribution in [0, 0.1) is 0 Å². The predicted molar refractivity (Wildman–Crippen MR) is 64.0 cm³/mol. The van der Waals surface area contributed by atoms with Crippen molar-refractivity contribution in [1.82, 2.24) is 14.5 Å². The summed E-state index contributed by atoms with van der Waals surface area (Å²) in [6.45, 7) is 2.02. The summed E-state index contributed by atoms with van der Waals surface area (Å²) in [5.74, 6) is -0.284. The van der Waals surface area contributed by atoms with Crippen LogP contribution in [0.15, 0.2) is 27.5 Å². The van der Waals surface area contributed by atoms with Crippen molar-refractivity contribution in [3.05, 3.63) is 28.9 Å². The second-order valence-electron chi connectivity index (χ2n) is 4.60. The Kier molecular flexibility index (Phi) is 2.48. The number of hydrogen-bond acceptors (Lipinski definition) is 4. The molecule has 1 saturated heterocycles. The number of hydrogen-bond donors (Lipinski definition) is 0. The minimum atomic E-state index is -0.284. The van der Waals surface area contributed by atoms with Gasteiger partial charge in [0.05, 0.1) is 0 Å². The summed E-state index contributed by atoms with van der Waals surface area (Å²) < 4.78 is 6.92. The van der Waals surface area contributed by atoms with Crippen LogP contribution in [0.5, 0.6) is 0 Å². The number of oxazole rings is 1. The Hall–Kier alpha value is -1.62. The molecule has 90 valence electrons. The van der Waals surface area contributed by atoms with E-state index in [1.54, 1.807) is 22.9 Å². The Bertz CT molecular complexity index is 579. The monoisotopic (exact) mass is 233 g/mol. The van der Waals surface area contributed by atoms with E-state index in [4.69, 9.17) is 4.42 Å². The molecule has 0 aliphatic carbocycles. The molecule has 1 aliphatic rings. The highest BCUT2D eigenvalue weighted by Crippen LogP contribution is 2.23. The number of fused-ring (bicyclic) bond motifs is 1. The smallest absolute Gasteiger partial charge is 0.406 e. The van der Waals surface area contributed by atoms with Crippen molar-refractivity contribution < 1.29 is 4.42 Å². The van der Waals surface area contributed by atoms with E-state index in [2.05, 4.69) is 16.9 Å². The van der Waals surface area contributed by atoms with Gasteiger partial charge in [-0.2, -0.15) is 0 Å². The van der Waals surface area contributed by atoms with E-state index in [0.29, 0.717) is 11.2 Å². The maximum absolute atomic E-state index is 11.9. The van der Waals surface area contributed by atoms with E-state index < -0.39 is 0 Å². The second-order valence-corrected chi connectivity index (χ2v) is 4.60. The minimum absolute atomic E-state index is 0.217. The van der Waals surface area contributed by atoms with E-state index >= 15 is 0 Å². The Morgan fingerprint density at radius 2 is 2.18 bits per heavy atom. The molecule has 5 nitrogen and oxygen atoms in total. The zero-order valence-corrected chi connectivity index (χ0v) is 9.80. The molecule has 17 heavy (non-hydrogen) atoms. The SMILES string of the molecule is CN1CCC(n2c(=O)oc3cccnc32)CC1. The van der Waals surface area contributed by atoms with Crippen molar-refractivity contribution in [2.75, 3.05) is 20.1 Å². The topological polar surface area (TPSA) is 51.3 Å². The highest BCUT2D eigenvalue weighted by Gasteiger charge is 2.23. The number of pyridine rings is 1. The molecule has 5 heteroatoms. The molecule has 0 radical (unpaired) electrons. The summed E-state index contributed by atoms with van der Waals surface area (Å²) in [5, 5.41) is 0. The van der Waals surface area contributed by atoms with Gasteiger partial charge in [-0.15, -0.1) is 0 Å². The first-order valence-electron chi connectivity index (χ1n) is 5.90. The first-order valence-corrected chi connectivity index (χ1v) is 5.90. The molecule has 3 heterocycles. The zero-order valence-electron chi connectivity index (χ0n) is 9.80. The van der Waals surface area contributed by atoms with Crippen LogP contribution in [0.4, 0.5) is 0 Å². The third kappa shape index (κ3) is 1.76. The van der Waals surface area contributed by atoms with Gasteiger partial charge in [-0.3, -0.25) is 4.57 Å². The Labute approximate surface area is 98.7 Å². The van der Waals surface area contributed by atoms with Gasteiger partial charge in [0.25, 0.3) is 0 Å². The molecule has 3 rings (SSSR count). The predicted octanol–water partition coefficient (Wildman–Crippen LogP) is 1.26. The fraction of sp³-hybridized carbons (Fsp3) is 0.500. The van der Waals surface area contributed by atoms with Crippen LogP contribution < -0.4 is 5.76 Å². The number of piperidine rings is 1. The Balaban J connectivity index is 2.05. The van der Waals surface area contributed by atoms with Crippen LogP contribution in [0.2, 0.25) is 0 Å². The molecule has 0 spiro atoms. The fourth-order valence-electron chi connectivity index (χ4n) is 2.45. The van der Waals surface area contributed by atoms with Crippen LogP contribution in [-0.2, 0) is 0 Å². The van der Waals surface area contributed by atoms with Gasteiger partial charge >= 0.3 is 5.76 Å². The number of aromatic nitrogens is 2. The van der Waals surface area contributed by atoms with Crippen LogP contribution in [0.25, 0.3) is 11.2 Å². The molecule has 0 amide bonds. The van der Waals surface area contributed by atoms with Crippen molar-refractivity contribution in [3.8, 4) is 0 Å². The van der Waals surface area contributed by atoms with E-state index in [0.717, 1.165) is 25.9 Å². The van der Waals surface area contributed by atoms with Crippen molar-refractivity contribution in [2.45, 2.75) is 18.9 Å². The lowest BCUT2D eigenvalue weighted by Gasteiger charge is -2.28. The normalized spacial score (nSPS) is 18.9. The van der Waals surface area contributed by atoms with Crippen molar-refractivity contribution in [1.29, 1.82) is 0 Å². The first-order chi connectivity index (χ1) is 8.25. The van der Waals surface area contributed by atoms with Gasteiger partial charge in [0, 0.05) is 12.2 Å². The minimum Gasteiger partial charge on any atom is -0.406 e. The van der Waals surface area contributed by atoms with Gasteiger partial charge in [0.2, 0.25) is 0 Å². The third-order valence-electron chi connectivity index (χ3n) is 3.43. The highest BCUT2D eigenvalue weighted by atomic mass is 16.4. The molecule has 2 aromatic rings. The van der Waals surface area contributed by atoms with E-state index in [1.807, 2.05) is 0 Å². The second kappa shape index (κ2) is 4.00. The number of likely N-dealkylation sites (tertiary alicyclic amines) is 1. The summed E-state index contributed by atoms with van der Waals surface area (Å²) in [4.78, 5) is 18.4. The molecule has 2 aromatic heterocycles. The van der Waals surface area contributed by atoms with Crippen molar-refractivity contribution in [2.24, 2.45) is 0 Å². The lowest BCUT2D eigenvalue weighted by Crippen LogP contribution is -2.34. The van der Waals surface area contributed by atoms with E-state index in [1.165, 1.54) is 0 Å². The van der Waals surface area contributed by atoms with Gasteiger partial charge in [-0.05, 0) is 45.1 Å². The van der Waals surface area contributed by atoms with Gasteiger partial charge in [-0.25, -0.2) is 9.78 Å². The quantitative estimate of drug-likeness (QED) is 0.744. The highest BCUT2D eigenvalue weighted by molar-refractivity contribution is 5.67. The molecular weight excluding hydrogens is 218 g/mol. The molecule has 0 saturated carbocycles. The van der Waals surface area contributed by atoms with E-state index in [9.17, 15) is 4.79 Å². The maximum Gasteiger partial charge on any atom is 0.421 e. The molecule has 1 aliphatic heterocycles.